The van der Waals surface area contributed by atoms with Crippen molar-refractivity contribution in [3.05, 3.63) is 25.3 Å². The third kappa shape index (κ3) is 2.20. The van der Waals surface area contributed by atoms with Crippen molar-refractivity contribution in [3.63, 3.8) is 0 Å². The van der Waals surface area contributed by atoms with E-state index in [0.29, 0.717) is 6.54 Å². The molecule has 1 atom stereocenters. The number of aliphatic hydroxyl groups excluding tert-OH is 1. The van der Waals surface area contributed by atoms with Gasteiger partial charge in [0.1, 0.15) is 18.9 Å². The lowest BCUT2D eigenvalue weighted by atomic mass is 10.4. The summed E-state index contributed by atoms with van der Waals surface area (Å²) < 4.78 is 3.74. The van der Waals surface area contributed by atoms with Gasteiger partial charge < -0.3 is 5.11 Å². The summed E-state index contributed by atoms with van der Waals surface area (Å²) in [7, 11) is 0. The highest BCUT2D eigenvalue weighted by molar-refractivity contribution is 5.12. The lowest BCUT2D eigenvalue weighted by Gasteiger charge is -1.97. The molecule has 1 rings (SSSR count). The fourth-order valence-corrected chi connectivity index (χ4v) is 0.932. The Bertz CT molecular complexity index is 240. The molecule has 0 fully saturated rings. The number of hydrogen-bond acceptors (Lipinski definition) is 1. The van der Waals surface area contributed by atoms with Crippen LogP contribution in [-0.4, -0.2) is 15.8 Å². The SMILES string of the molecule is C=Cn1cc[n+](CC(C)O)c1. The Morgan fingerprint density at radius 2 is 2.55 bits per heavy atom. The molecule has 0 spiro atoms. The zero-order valence-corrected chi connectivity index (χ0v) is 6.64. The van der Waals surface area contributed by atoms with E-state index in [4.69, 9.17) is 5.11 Å². The van der Waals surface area contributed by atoms with Crippen molar-refractivity contribution < 1.29 is 9.67 Å². The van der Waals surface area contributed by atoms with Crippen LogP contribution in [-0.2, 0) is 6.54 Å². The van der Waals surface area contributed by atoms with Gasteiger partial charge in [-0.3, -0.25) is 0 Å². The van der Waals surface area contributed by atoms with Crippen LogP contribution >= 0.6 is 0 Å². The average molecular weight is 153 g/mol. The topological polar surface area (TPSA) is 29.0 Å². The number of imidazole rings is 1. The number of aromatic nitrogens is 2. The first-order valence-corrected chi connectivity index (χ1v) is 3.59. The summed E-state index contributed by atoms with van der Waals surface area (Å²) in [5.41, 5.74) is 0. The molecule has 0 saturated heterocycles. The largest absolute Gasteiger partial charge is 0.389 e. The standard InChI is InChI=1S/C8H13N2O/c1-3-9-4-5-10(7-9)6-8(2)11/h3-5,7-8,11H,1,6H2,2H3/q+1. The van der Waals surface area contributed by atoms with E-state index < -0.39 is 0 Å². The van der Waals surface area contributed by atoms with Gasteiger partial charge in [0.25, 0.3) is 0 Å². The molecular weight excluding hydrogens is 140 g/mol. The smallest absolute Gasteiger partial charge is 0.248 e. The molecule has 11 heavy (non-hydrogen) atoms. The zero-order valence-electron chi connectivity index (χ0n) is 6.64. The van der Waals surface area contributed by atoms with E-state index in [2.05, 4.69) is 6.58 Å². The normalized spacial score (nSPS) is 12.9. The van der Waals surface area contributed by atoms with E-state index in [9.17, 15) is 0 Å². The van der Waals surface area contributed by atoms with Gasteiger partial charge in [0, 0.05) is 0 Å². The third-order valence-electron chi connectivity index (χ3n) is 1.40. The van der Waals surface area contributed by atoms with Crippen molar-refractivity contribution in [2.75, 3.05) is 0 Å². The van der Waals surface area contributed by atoms with Gasteiger partial charge in [-0.05, 0) is 6.92 Å². The molecule has 0 aliphatic heterocycles. The van der Waals surface area contributed by atoms with Gasteiger partial charge in [-0.15, -0.1) is 0 Å². The summed E-state index contributed by atoms with van der Waals surface area (Å²) in [5, 5.41) is 9.03. The molecule has 0 aliphatic carbocycles. The maximum Gasteiger partial charge on any atom is 0.248 e. The molecule has 0 aromatic carbocycles. The minimum Gasteiger partial charge on any atom is -0.389 e. The molecule has 60 valence electrons. The highest BCUT2D eigenvalue weighted by Crippen LogP contribution is 1.85. The quantitative estimate of drug-likeness (QED) is 0.620. The number of aliphatic hydroxyl groups is 1. The molecule has 3 heteroatoms. The summed E-state index contributed by atoms with van der Waals surface area (Å²) in [4.78, 5) is 0. The van der Waals surface area contributed by atoms with Crippen LogP contribution in [0.5, 0.6) is 0 Å². The first kappa shape index (κ1) is 8.01. The predicted octanol–water partition coefficient (Wildman–Crippen LogP) is 0.257. The monoisotopic (exact) mass is 153 g/mol. The molecule has 1 heterocycles. The Labute approximate surface area is 66.2 Å². The first-order valence-electron chi connectivity index (χ1n) is 3.59. The molecular formula is C8H13N2O+. The summed E-state index contributed by atoms with van der Waals surface area (Å²) in [6.45, 7) is 6.00. The highest BCUT2D eigenvalue weighted by Gasteiger charge is 2.03. The Morgan fingerprint density at radius 3 is 3.00 bits per heavy atom. The summed E-state index contributed by atoms with van der Waals surface area (Å²) in [6.07, 6.45) is 7.06. The van der Waals surface area contributed by atoms with Crippen LogP contribution in [0.15, 0.2) is 25.3 Å². The Morgan fingerprint density at radius 1 is 1.82 bits per heavy atom. The van der Waals surface area contributed by atoms with E-state index >= 15 is 0 Å². The van der Waals surface area contributed by atoms with Crippen LogP contribution in [0.3, 0.4) is 0 Å². The van der Waals surface area contributed by atoms with E-state index in [1.165, 1.54) is 0 Å². The number of hydrogen-bond donors (Lipinski definition) is 1. The molecule has 1 aromatic heterocycles. The molecule has 3 nitrogen and oxygen atoms in total. The van der Waals surface area contributed by atoms with Gasteiger partial charge in [-0.2, -0.15) is 0 Å². The second kappa shape index (κ2) is 3.34. The van der Waals surface area contributed by atoms with Gasteiger partial charge in [0.05, 0.1) is 12.3 Å². The van der Waals surface area contributed by atoms with Crippen LogP contribution in [0.25, 0.3) is 6.20 Å². The number of nitrogens with zero attached hydrogens (tertiary/aromatic N) is 2. The zero-order chi connectivity index (χ0) is 8.27. The van der Waals surface area contributed by atoms with Crippen molar-refractivity contribution in [1.29, 1.82) is 0 Å². The molecule has 0 radical (unpaired) electrons. The Hall–Kier alpha value is -1.09. The van der Waals surface area contributed by atoms with Crippen LogP contribution in [0.2, 0.25) is 0 Å². The van der Waals surface area contributed by atoms with Crippen molar-refractivity contribution in [3.8, 4) is 0 Å². The Kier molecular flexibility index (Phi) is 2.44. The summed E-state index contributed by atoms with van der Waals surface area (Å²) in [5.74, 6) is 0. The van der Waals surface area contributed by atoms with Crippen LogP contribution in [0, 0.1) is 0 Å². The fourth-order valence-electron chi connectivity index (χ4n) is 0.932. The van der Waals surface area contributed by atoms with Gasteiger partial charge in [0.2, 0.25) is 6.33 Å². The maximum atomic E-state index is 9.03. The van der Waals surface area contributed by atoms with Crippen LogP contribution in [0.4, 0.5) is 0 Å². The van der Waals surface area contributed by atoms with Gasteiger partial charge >= 0.3 is 0 Å². The number of rotatable bonds is 3. The Balaban J connectivity index is 2.65. The van der Waals surface area contributed by atoms with E-state index in [-0.39, 0.29) is 6.10 Å². The third-order valence-corrected chi connectivity index (χ3v) is 1.40. The molecule has 0 amide bonds. The van der Waals surface area contributed by atoms with Crippen molar-refractivity contribution in [1.82, 2.24) is 4.57 Å². The summed E-state index contributed by atoms with van der Waals surface area (Å²) >= 11 is 0. The molecule has 0 saturated carbocycles. The van der Waals surface area contributed by atoms with E-state index in [0.717, 1.165) is 0 Å². The molecule has 0 aliphatic rings. The van der Waals surface area contributed by atoms with Crippen molar-refractivity contribution in [2.24, 2.45) is 0 Å². The summed E-state index contributed by atoms with van der Waals surface area (Å²) in [6, 6.07) is 0. The van der Waals surface area contributed by atoms with Crippen LogP contribution < -0.4 is 4.57 Å². The van der Waals surface area contributed by atoms with E-state index in [1.807, 2.05) is 27.9 Å². The minimum atomic E-state index is -0.305. The molecule has 1 unspecified atom stereocenters. The average Bonchev–Trinajstić information content (AvgIpc) is 2.34. The molecule has 1 aromatic rings. The van der Waals surface area contributed by atoms with Gasteiger partial charge in [-0.1, -0.05) is 6.58 Å². The van der Waals surface area contributed by atoms with Gasteiger partial charge in [-0.25, -0.2) is 9.13 Å². The predicted molar refractivity (Wildman–Crippen MR) is 42.7 cm³/mol. The fraction of sp³-hybridized carbons (Fsp3) is 0.375. The van der Waals surface area contributed by atoms with Crippen molar-refractivity contribution >= 4 is 6.20 Å². The second-order valence-electron chi connectivity index (χ2n) is 2.59. The van der Waals surface area contributed by atoms with Crippen LogP contribution in [0.1, 0.15) is 6.92 Å². The molecule has 0 bridgehead atoms. The van der Waals surface area contributed by atoms with E-state index in [1.54, 1.807) is 13.1 Å². The first-order chi connectivity index (χ1) is 5.22. The lowest BCUT2D eigenvalue weighted by molar-refractivity contribution is -0.702. The second-order valence-corrected chi connectivity index (χ2v) is 2.59. The maximum absolute atomic E-state index is 9.03. The minimum absolute atomic E-state index is 0.305. The van der Waals surface area contributed by atoms with Crippen molar-refractivity contribution in [2.45, 2.75) is 19.6 Å². The van der Waals surface area contributed by atoms with Gasteiger partial charge in [0.15, 0.2) is 0 Å². The highest BCUT2D eigenvalue weighted by atomic mass is 16.3. The lowest BCUT2D eigenvalue weighted by Crippen LogP contribution is -2.36. The molecule has 1 N–H and O–H groups in total.